The Labute approximate surface area is 136 Å². The van der Waals surface area contributed by atoms with Crippen LogP contribution in [0.2, 0.25) is 0 Å². The van der Waals surface area contributed by atoms with Gasteiger partial charge in [0.25, 0.3) is 0 Å². The normalized spacial score (nSPS) is 10.3. The smallest absolute Gasteiger partial charge is 0.314 e. The minimum absolute atomic E-state index is 0.657. The van der Waals surface area contributed by atoms with Crippen molar-refractivity contribution in [3.05, 3.63) is 58.7 Å². The second-order valence-corrected chi connectivity index (χ2v) is 5.62. The van der Waals surface area contributed by atoms with Gasteiger partial charge < -0.3 is 10.6 Å². The number of anilines is 2. The summed E-state index contributed by atoms with van der Waals surface area (Å²) in [6.45, 7) is 7.81. The van der Waals surface area contributed by atoms with Gasteiger partial charge in [0.2, 0.25) is 0 Å². The molecule has 23 heavy (non-hydrogen) atoms. The summed E-state index contributed by atoms with van der Waals surface area (Å²) < 4.78 is 0. The topological polar surface area (TPSA) is 58.2 Å². The maximum Gasteiger partial charge on any atom is 0.314 e. The van der Waals surface area contributed by atoms with E-state index < -0.39 is 11.8 Å². The molecule has 0 spiro atoms. The molecule has 2 rings (SSSR count). The molecule has 0 atom stereocenters. The average molecular weight is 310 g/mol. The lowest BCUT2D eigenvalue weighted by Gasteiger charge is -2.14. The molecule has 0 saturated carbocycles. The molecule has 0 radical (unpaired) electrons. The number of benzene rings is 2. The molecule has 0 aliphatic heterocycles. The molecule has 0 aromatic heterocycles. The molecule has 4 heteroatoms. The number of aryl methyl sites for hydroxylation is 3. The van der Waals surface area contributed by atoms with E-state index in [0.717, 1.165) is 34.4 Å². The van der Waals surface area contributed by atoms with Gasteiger partial charge in [0, 0.05) is 11.4 Å². The van der Waals surface area contributed by atoms with E-state index in [1.54, 1.807) is 6.07 Å². The van der Waals surface area contributed by atoms with Crippen LogP contribution in [0.15, 0.2) is 36.4 Å². The van der Waals surface area contributed by atoms with E-state index in [0.29, 0.717) is 5.69 Å². The fraction of sp³-hybridized carbons (Fsp3) is 0.263. The molecule has 0 unspecified atom stereocenters. The Kier molecular flexibility index (Phi) is 5.16. The first-order chi connectivity index (χ1) is 10.9. The lowest BCUT2D eigenvalue weighted by molar-refractivity contribution is -0.133. The van der Waals surface area contributed by atoms with Crippen molar-refractivity contribution in [2.24, 2.45) is 0 Å². The van der Waals surface area contributed by atoms with Crippen molar-refractivity contribution in [3.63, 3.8) is 0 Å². The first kappa shape index (κ1) is 16.7. The second-order valence-electron chi connectivity index (χ2n) is 5.62. The van der Waals surface area contributed by atoms with Gasteiger partial charge in [0.1, 0.15) is 0 Å². The highest BCUT2D eigenvalue weighted by Gasteiger charge is 2.17. The van der Waals surface area contributed by atoms with Gasteiger partial charge in [0.05, 0.1) is 0 Å². The predicted octanol–water partition coefficient (Wildman–Crippen LogP) is 3.75. The number of hydrogen-bond donors (Lipinski definition) is 2. The van der Waals surface area contributed by atoms with Gasteiger partial charge in [-0.1, -0.05) is 37.3 Å². The zero-order chi connectivity index (χ0) is 17.0. The monoisotopic (exact) mass is 310 g/mol. The van der Waals surface area contributed by atoms with Crippen molar-refractivity contribution in [1.29, 1.82) is 0 Å². The Bertz CT molecular complexity index is 751. The number of rotatable bonds is 3. The van der Waals surface area contributed by atoms with Crippen LogP contribution >= 0.6 is 0 Å². The highest BCUT2D eigenvalue weighted by molar-refractivity contribution is 6.43. The summed E-state index contributed by atoms with van der Waals surface area (Å²) in [6.07, 6.45) is 0.788. The molecule has 2 amide bonds. The van der Waals surface area contributed by atoms with Crippen molar-refractivity contribution < 1.29 is 9.59 Å². The molecular formula is C19H22N2O2. The van der Waals surface area contributed by atoms with Crippen LogP contribution in [0.4, 0.5) is 11.4 Å². The highest BCUT2D eigenvalue weighted by atomic mass is 16.2. The summed E-state index contributed by atoms with van der Waals surface area (Å²) in [7, 11) is 0. The van der Waals surface area contributed by atoms with Crippen LogP contribution in [0.5, 0.6) is 0 Å². The Morgan fingerprint density at radius 2 is 1.48 bits per heavy atom. The van der Waals surface area contributed by atoms with Crippen LogP contribution in [0.3, 0.4) is 0 Å². The fourth-order valence-electron chi connectivity index (χ4n) is 2.44. The summed E-state index contributed by atoms with van der Waals surface area (Å²) in [5, 5.41) is 5.41. The van der Waals surface area contributed by atoms with E-state index in [1.165, 1.54) is 0 Å². The van der Waals surface area contributed by atoms with Gasteiger partial charge >= 0.3 is 11.8 Å². The standard InChI is InChI=1S/C19H22N2O2/c1-5-15-10-6-9-13(3)17(15)21-19(23)18(22)20-16-11-7-8-12(2)14(16)4/h6-11H,5H2,1-4H3,(H,20,22)(H,21,23). The average Bonchev–Trinajstić information content (AvgIpc) is 2.53. The molecule has 120 valence electrons. The zero-order valence-electron chi connectivity index (χ0n) is 14.0. The van der Waals surface area contributed by atoms with Crippen LogP contribution in [0.1, 0.15) is 29.2 Å². The van der Waals surface area contributed by atoms with Gasteiger partial charge in [-0.2, -0.15) is 0 Å². The lowest BCUT2D eigenvalue weighted by atomic mass is 10.1. The maximum absolute atomic E-state index is 12.2. The number of hydrogen-bond acceptors (Lipinski definition) is 2. The number of para-hydroxylation sites is 1. The van der Waals surface area contributed by atoms with Crippen molar-refractivity contribution in [1.82, 2.24) is 0 Å². The van der Waals surface area contributed by atoms with Gasteiger partial charge in [-0.05, 0) is 55.5 Å². The molecular weight excluding hydrogens is 288 g/mol. The van der Waals surface area contributed by atoms with E-state index in [1.807, 2.05) is 58.0 Å². The van der Waals surface area contributed by atoms with Crippen molar-refractivity contribution >= 4 is 23.2 Å². The van der Waals surface area contributed by atoms with Gasteiger partial charge in [-0.3, -0.25) is 9.59 Å². The van der Waals surface area contributed by atoms with E-state index in [9.17, 15) is 9.59 Å². The van der Waals surface area contributed by atoms with Gasteiger partial charge in [-0.15, -0.1) is 0 Å². The minimum Gasteiger partial charge on any atom is -0.318 e. The quantitative estimate of drug-likeness (QED) is 0.848. The number of nitrogens with one attached hydrogen (secondary N) is 2. The summed E-state index contributed by atoms with van der Waals surface area (Å²) in [5.41, 5.74) is 5.35. The molecule has 0 saturated heterocycles. The third kappa shape index (κ3) is 3.77. The minimum atomic E-state index is -0.663. The zero-order valence-corrected chi connectivity index (χ0v) is 14.0. The van der Waals surface area contributed by atoms with Crippen LogP contribution in [-0.2, 0) is 16.0 Å². The molecule has 2 aromatic carbocycles. The Balaban J connectivity index is 2.15. The largest absolute Gasteiger partial charge is 0.318 e. The predicted molar refractivity (Wildman–Crippen MR) is 93.7 cm³/mol. The Morgan fingerprint density at radius 3 is 2.17 bits per heavy atom. The molecule has 0 bridgehead atoms. The lowest BCUT2D eigenvalue weighted by Crippen LogP contribution is -2.30. The molecule has 2 aromatic rings. The molecule has 0 aliphatic rings. The van der Waals surface area contributed by atoms with Crippen molar-refractivity contribution in [2.45, 2.75) is 34.1 Å². The van der Waals surface area contributed by atoms with E-state index in [-0.39, 0.29) is 0 Å². The summed E-state index contributed by atoms with van der Waals surface area (Å²) in [6, 6.07) is 11.4. The fourth-order valence-corrected chi connectivity index (χ4v) is 2.44. The molecule has 0 aliphatic carbocycles. The third-order valence-electron chi connectivity index (χ3n) is 4.04. The molecule has 0 fully saturated rings. The van der Waals surface area contributed by atoms with Crippen molar-refractivity contribution in [2.75, 3.05) is 10.6 Å². The SMILES string of the molecule is CCc1cccc(C)c1NC(=O)C(=O)Nc1cccc(C)c1C. The number of amides is 2. The van der Waals surface area contributed by atoms with E-state index in [2.05, 4.69) is 10.6 Å². The van der Waals surface area contributed by atoms with E-state index in [4.69, 9.17) is 0 Å². The van der Waals surface area contributed by atoms with Crippen LogP contribution in [0, 0.1) is 20.8 Å². The van der Waals surface area contributed by atoms with Crippen LogP contribution < -0.4 is 10.6 Å². The van der Waals surface area contributed by atoms with Crippen LogP contribution in [-0.4, -0.2) is 11.8 Å². The number of carbonyl (C=O) groups excluding carboxylic acids is 2. The highest BCUT2D eigenvalue weighted by Crippen LogP contribution is 2.21. The first-order valence-corrected chi connectivity index (χ1v) is 7.71. The number of carbonyl (C=O) groups is 2. The third-order valence-corrected chi connectivity index (χ3v) is 4.04. The Hall–Kier alpha value is -2.62. The van der Waals surface area contributed by atoms with Crippen molar-refractivity contribution in [3.8, 4) is 0 Å². The summed E-state index contributed by atoms with van der Waals surface area (Å²) >= 11 is 0. The maximum atomic E-state index is 12.2. The van der Waals surface area contributed by atoms with E-state index >= 15 is 0 Å². The van der Waals surface area contributed by atoms with Crippen LogP contribution in [0.25, 0.3) is 0 Å². The van der Waals surface area contributed by atoms with Gasteiger partial charge in [-0.25, -0.2) is 0 Å². The summed E-state index contributed by atoms with van der Waals surface area (Å²) in [4.78, 5) is 24.4. The molecule has 4 nitrogen and oxygen atoms in total. The first-order valence-electron chi connectivity index (χ1n) is 7.71. The van der Waals surface area contributed by atoms with Gasteiger partial charge in [0.15, 0.2) is 0 Å². The Morgan fingerprint density at radius 1 is 0.870 bits per heavy atom. The molecule has 0 heterocycles. The summed E-state index contributed by atoms with van der Waals surface area (Å²) in [5.74, 6) is -1.32. The second kappa shape index (κ2) is 7.09. The molecule has 2 N–H and O–H groups in total.